The number of phenolic OH excluding ortho intramolecular Hbond substituents is 1. The minimum atomic E-state index is -2.08. The van der Waals surface area contributed by atoms with Crippen LogP contribution in [0.2, 0.25) is 0 Å². The highest BCUT2D eigenvalue weighted by molar-refractivity contribution is 5.85. The van der Waals surface area contributed by atoms with Gasteiger partial charge in [-0.2, -0.15) is 5.10 Å². The third-order valence-corrected chi connectivity index (χ3v) is 3.20. The molecule has 0 saturated carbocycles. The van der Waals surface area contributed by atoms with Gasteiger partial charge in [-0.1, -0.05) is 0 Å². The molecule has 10 nitrogen and oxygen atoms in total. The van der Waals surface area contributed by atoms with Gasteiger partial charge in [-0.15, -0.1) is 0 Å². The van der Waals surface area contributed by atoms with Gasteiger partial charge in [0, 0.05) is 0 Å². The Kier molecular flexibility index (Phi) is 8.25. The van der Waals surface area contributed by atoms with Crippen LogP contribution in [0.15, 0.2) is 23.3 Å². The molecule has 0 unspecified atom stereocenters. The van der Waals surface area contributed by atoms with E-state index >= 15 is 0 Å². The van der Waals surface area contributed by atoms with Gasteiger partial charge < -0.3 is 35.4 Å². The number of ether oxygens (including phenoxy) is 1. The molecule has 0 aliphatic rings. The predicted molar refractivity (Wildman–Crippen MR) is 86.1 cm³/mol. The van der Waals surface area contributed by atoms with E-state index < -0.39 is 36.9 Å². The van der Waals surface area contributed by atoms with Gasteiger partial charge >= 0.3 is 0 Å². The lowest BCUT2D eigenvalue weighted by atomic mass is 10.0. The highest BCUT2D eigenvalue weighted by Crippen LogP contribution is 2.26. The van der Waals surface area contributed by atoms with Crippen LogP contribution in [0.1, 0.15) is 12.5 Å². The van der Waals surface area contributed by atoms with Crippen molar-refractivity contribution in [1.82, 2.24) is 5.43 Å². The number of amides is 1. The average molecular weight is 358 g/mol. The Hall–Kier alpha value is -2.24. The Balaban J connectivity index is 2.66. The molecule has 4 atom stereocenters. The quantitative estimate of drug-likeness (QED) is 0.190. The number of aromatic hydroxyl groups is 1. The van der Waals surface area contributed by atoms with Crippen LogP contribution in [0.5, 0.6) is 11.5 Å². The van der Waals surface area contributed by atoms with Crippen molar-refractivity contribution >= 4 is 12.1 Å². The molecular formula is C15H22N2O8. The number of hydrogen-bond acceptors (Lipinski definition) is 9. The Morgan fingerprint density at radius 2 is 1.96 bits per heavy atom. The summed E-state index contributed by atoms with van der Waals surface area (Å²) in [5.74, 6) is -0.955. The first kappa shape index (κ1) is 20.8. The van der Waals surface area contributed by atoms with Crippen LogP contribution in [-0.4, -0.2) is 80.4 Å². The Morgan fingerprint density at radius 1 is 1.28 bits per heavy atom. The molecule has 0 heterocycles. The molecule has 25 heavy (non-hydrogen) atoms. The number of aliphatic hydroxyl groups excluding tert-OH is 5. The van der Waals surface area contributed by atoms with E-state index in [9.17, 15) is 30.3 Å². The molecule has 0 bridgehead atoms. The number of nitrogens with one attached hydrogen (secondary N) is 1. The summed E-state index contributed by atoms with van der Waals surface area (Å²) >= 11 is 0. The summed E-state index contributed by atoms with van der Waals surface area (Å²) in [6, 6.07) is 4.35. The fourth-order valence-electron chi connectivity index (χ4n) is 1.80. The average Bonchev–Trinajstić information content (AvgIpc) is 2.61. The second kappa shape index (κ2) is 9.91. The number of rotatable bonds is 9. The minimum Gasteiger partial charge on any atom is -0.504 e. The lowest BCUT2D eigenvalue weighted by Gasteiger charge is -2.24. The second-order valence-electron chi connectivity index (χ2n) is 5.07. The summed E-state index contributed by atoms with van der Waals surface area (Å²) in [7, 11) is 0. The Labute approximate surface area is 143 Å². The summed E-state index contributed by atoms with van der Waals surface area (Å²) < 4.78 is 5.19. The molecule has 7 N–H and O–H groups in total. The van der Waals surface area contributed by atoms with Crippen molar-refractivity contribution in [3.05, 3.63) is 23.8 Å². The highest BCUT2D eigenvalue weighted by Gasteiger charge is 2.34. The number of nitrogens with zero attached hydrogens (tertiary/aromatic N) is 1. The van der Waals surface area contributed by atoms with Crippen molar-refractivity contribution in [2.24, 2.45) is 5.10 Å². The lowest BCUT2D eigenvalue weighted by Crippen LogP contribution is -2.50. The zero-order valence-corrected chi connectivity index (χ0v) is 13.5. The van der Waals surface area contributed by atoms with E-state index in [4.69, 9.17) is 9.84 Å². The number of benzene rings is 1. The molecule has 1 aromatic carbocycles. The molecule has 0 saturated heterocycles. The van der Waals surface area contributed by atoms with Crippen LogP contribution in [0.3, 0.4) is 0 Å². The van der Waals surface area contributed by atoms with Crippen molar-refractivity contribution in [3.63, 3.8) is 0 Å². The smallest absolute Gasteiger partial charge is 0.271 e. The van der Waals surface area contributed by atoms with Gasteiger partial charge in [-0.05, 0) is 30.7 Å². The van der Waals surface area contributed by atoms with Crippen LogP contribution in [-0.2, 0) is 4.79 Å². The van der Waals surface area contributed by atoms with Gasteiger partial charge in [0.25, 0.3) is 5.91 Å². The molecule has 140 valence electrons. The molecule has 0 aliphatic carbocycles. The van der Waals surface area contributed by atoms with Crippen LogP contribution in [0.4, 0.5) is 0 Å². The summed E-state index contributed by atoms with van der Waals surface area (Å²) in [5, 5.41) is 59.6. The van der Waals surface area contributed by atoms with Gasteiger partial charge in [0.1, 0.15) is 18.3 Å². The fourth-order valence-corrected chi connectivity index (χ4v) is 1.80. The monoisotopic (exact) mass is 358 g/mol. The molecule has 0 spiro atoms. The zero-order valence-electron chi connectivity index (χ0n) is 13.5. The van der Waals surface area contributed by atoms with Crippen LogP contribution >= 0.6 is 0 Å². The lowest BCUT2D eigenvalue weighted by molar-refractivity contribution is -0.148. The molecule has 1 amide bonds. The van der Waals surface area contributed by atoms with Crippen molar-refractivity contribution in [1.29, 1.82) is 0 Å². The zero-order chi connectivity index (χ0) is 19.0. The van der Waals surface area contributed by atoms with Gasteiger partial charge in [0.2, 0.25) is 0 Å². The molecule has 10 heteroatoms. The van der Waals surface area contributed by atoms with Crippen LogP contribution in [0, 0.1) is 0 Å². The number of phenols is 1. The normalized spacial score (nSPS) is 16.2. The Morgan fingerprint density at radius 3 is 2.56 bits per heavy atom. The fraction of sp³-hybridized carbons (Fsp3) is 0.467. The maximum atomic E-state index is 11.7. The van der Waals surface area contributed by atoms with E-state index in [0.29, 0.717) is 12.2 Å². The first-order chi connectivity index (χ1) is 11.8. The largest absolute Gasteiger partial charge is 0.504 e. The third kappa shape index (κ3) is 5.96. The van der Waals surface area contributed by atoms with E-state index in [0.717, 1.165) is 0 Å². The number of carbonyl (C=O) groups is 1. The first-order valence-corrected chi connectivity index (χ1v) is 7.43. The van der Waals surface area contributed by atoms with E-state index in [1.54, 1.807) is 6.92 Å². The van der Waals surface area contributed by atoms with E-state index in [1.807, 2.05) is 5.43 Å². The number of hydrogen-bond donors (Lipinski definition) is 7. The van der Waals surface area contributed by atoms with Gasteiger partial charge in [-0.25, -0.2) is 5.43 Å². The van der Waals surface area contributed by atoms with Gasteiger partial charge in [-0.3, -0.25) is 4.79 Å². The van der Waals surface area contributed by atoms with Gasteiger partial charge in [0.05, 0.1) is 19.4 Å². The van der Waals surface area contributed by atoms with E-state index in [1.165, 1.54) is 24.4 Å². The molecule has 1 aromatic rings. The predicted octanol–water partition coefficient (Wildman–Crippen LogP) is -2.32. The topological polar surface area (TPSA) is 172 Å². The van der Waals surface area contributed by atoms with E-state index in [-0.39, 0.29) is 11.5 Å². The number of hydrazone groups is 1. The van der Waals surface area contributed by atoms with Crippen molar-refractivity contribution in [2.45, 2.75) is 31.3 Å². The minimum absolute atomic E-state index is 0.0574. The van der Waals surface area contributed by atoms with Crippen LogP contribution < -0.4 is 10.2 Å². The number of carbonyl (C=O) groups excluding carboxylic acids is 1. The van der Waals surface area contributed by atoms with E-state index in [2.05, 4.69) is 5.10 Å². The summed E-state index contributed by atoms with van der Waals surface area (Å²) in [6.45, 7) is 1.24. The van der Waals surface area contributed by atoms with Crippen LogP contribution in [0.25, 0.3) is 0 Å². The highest BCUT2D eigenvalue weighted by atomic mass is 16.5. The maximum Gasteiger partial charge on any atom is 0.271 e. The third-order valence-electron chi connectivity index (χ3n) is 3.20. The molecule has 0 fully saturated rings. The summed E-state index contributed by atoms with van der Waals surface area (Å²) in [6.07, 6.45) is -6.52. The maximum absolute atomic E-state index is 11.7. The van der Waals surface area contributed by atoms with Crippen molar-refractivity contribution in [3.8, 4) is 11.5 Å². The first-order valence-electron chi connectivity index (χ1n) is 7.43. The molecular weight excluding hydrogens is 336 g/mol. The molecule has 1 rings (SSSR count). The molecule has 0 aromatic heterocycles. The Bertz CT molecular complexity index is 595. The number of aliphatic hydroxyl groups is 5. The van der Waals surface area contributed by atoms with Crippen molar-refractivity contribution in [2.75, 3.05) is 13.2 Å². The second-order valence-corrected chi connectivity index (χ2v) is 5.07. The standard InChI is InChI=1S/C15H22N2O8/c1-2-25-11-5-8(3-4-9(11)19)6-16-17-15(24)14(23)13(22)12(21)10(20)7-18/h3-6,10,12-14,18-23H,2,7H2,1H3,(H,17,24)/b16-6+/t10-,12-,13-,14+/m1/s1. The summed E-state index contributed by atoms with van der Waals surface area (Å²) in [4.78, 5) is 11.7. The van der Waals surface area contributed by atoms with Crippen molar-refractivity contribution < 1.29 is 40.2 Å². The summed E-state index contributed by atoms with van der Waals surface area (Å²) in [5.41, 5.74) is 2.43. The molecule has 0 aliphatic heterocycles. The molecule has 0 radical (unpaired) electrons. The SMILES string of the molecule is CCOc1cc(/C=N/NC(=O)[C@@H](O)[C@H](O)[C@H](O)[C@H](O)CO)ccc1O. The van der Waals surface area contributed by atoms with Gasteiger partial charge in [0.15, 0.2) is 17.6 Å².